The minimum atomic E-state index is -0.907. The number of urea groups is 2. The van der Waals surface area contributed by atoms with Crippen molar-refractivity contribution in [1.82, 2.24) is 20.9 Å². The molecule has 10 nitrogen and oxygen atoms in total. The highest BCUT2D eigenvalue weighted by Crippen LogP contribution is 2.34. The zero-order valence-electron chi connectivity index (χ0n) is 15.1. The molecule has 2 rings (SSSR count). The number of imide groups is 2. The summed E-state index contributed by atoms with van der Waals surface area (Å²) in [5.41, 5.74) is -1.43. The van der Waals surface area contributed by atoms with Crippen molar-refractivity contribution in [3.63, 3.8) is 0 Å². The minimum absolute atomic E-state index is 0.439. The molecule has 10 heteroatoms. The van der Waals surface area contributed by atoms with Gasteiger partial charge >= 0.3 is 18.0 Å². The molecular formula is C16H24N4O6. The summed E-state index contributed by atoms with van der Waals surface area (Å²) in [6, 6.07) is -1.35. The number of rotatable bonds is 4. The Hall–Kier alpha value is -2.65. The van der Waals surface area contributed by atoms with E-state index >= 15 is 0 Å². The van der Waals surface area contributed by atoms with Gasteiger partial charge in [-0.15, -0.1) is 0 Å². The maximum atomic E-state index is 12.4. The van der Waals surface area contributed by atoms with E-state index < -0.39 is 54.1 Å². The van der Waals surface area contributed by atoms with E-state index in [2.05, 4.69) is 10.6 Å². The highest BCUT2D eigenvalue weighted by molar-refractivity contribution is 6.09. The Kier molecular flexibility index (Phi) is 5.53. The van der Waals surface area contributed by atoms with Crippen LogP contribution in [0.3, 0.4) is 0 Å². The number of hydrogen-bond donors (Lipinski definition) is 3. The second-order valence-corrected chi connectivity index (χ2v) is 7.52. The molecule has 144 valence electrons. The molecule has 0 radical (unpaired) electrons. The van der Waals surface area contributed by atoms with Gasteiger partial charge in [0.05, 0.1) is 0 Å². The van der Waals surface area contributed by atoms with Crippen LogP contribution in [0.25, 0.3) is 0 Å². The van der Waals surface area contributed by atoms with E-state index in [9.17, 15) is 24.0 Å². The molecule has 0 unspecified atom stereocenters. The van der Waals surface area contributed by atoms with Crippen LogP contribution in [0.15, 0.2) is 0 Å². The van der Waals surface area contributed by atoms with Crippen molar-refractivity contribution in [3.8, 4) is 0 Å². The first-order chi connectivity index (χ1) is 12.0. The number of carbonyl (C=O) groups is 5. The molecule has 1 saturated heterocycles. The Morgan fingerprint density at radius 3 is 2.38 bits per heavy atom. The molecule has 1 spiro atoms. The van der Waals surface area contributed by atoms with E-state index in [1.807, 2.05) is 5.32 Å². The standard InChI is InChI=1S/C16H24N4O6/c1-15(2,3)18-13(24)17-10(21)9-26-11(22)8-20-12(23)16(19-14(20)25)6-4-5-7-16/h4-9H2,1-3H3,(H,19,25)(H2,17,18,21,24). The molecule has 26 heavy (non-hydrogen) atoms. The lowest BCUT2D eigenvalue weighted by molar-refractivity contribution is -0.150. The van der Waals surface area contributed by atoms with Gasteiger partial charge in [-0.05, 0) is 33.6 Å². The fourth-order valence-electron chi connectivity index (χ4n) is 2.99. The van der Waals surface area contributed by atoms with Gasteiger partial charge in [0, 0.05) is 5.54 Å². The lowest BCUT2D eigenvalue weighted by atomic mass is 9.98. The van der Waals surface area contributed by atoms with Crippen LogP contribution < -0.4 is 16.0 Å². The molecule has 1 aliphatic heterocycles. The Labute approximate surface area is 151 Å². The summed E-state index contributed by atoms with van der Waals surface area (Å²) in [6.45, 7) is 3.96. The number of carbonyl (C=O) groups excluding carboxylic acids is 5. The first-order valence-corrected chi connectivity index (χ1v) is 8.44. The van der Waals surface area contributed by atoms with Gasteiger partial charge in [0.15, 0.2) is 6.61 Å². The molecule has 0 atom stereocenters. The second kappa shape index (κ2) is 7.30. The molecule has 1 saturated carbocycles. The number of ether oxygens (including phenoxy) is 1. The number of nitrogens with one attached hydrogen (secondary N) is 3. The summed E-state index contributed by atoms with van der Waals surface area (Å²) in [6.07, 6.45) is 2.77. The van der Waals surface area contributed by atoms with Crippen LogP contribution in [0.5, 0.6) is 0 Å². The minimum Gasteiger partial charge on any atom is -0.454 e. The smallest absolute Gasteiger partial charge is 0.326 e. The molecule has 0 bridgehead atoms. The molecule has 1 aliphatic carbocycles. The Morgan fingerprint density at radius 1 is 1.19 bits per heavy atom. The predicted molar refractivity (Wildman–Crippen MR) is 88.8 cm³/mol. The molecule has 1 heterocycles. The van der Waals surface area contributed by atoms with Gasteiger partial charge in [0.2, 0.25) is 0 Å². The third-order valence-electron chi connectivity index (χ3n) is 4.10. The fraction of sp³-hybridized carbons (Fsp3) is 0.688. The SMILES string of the molecule is CC(C)(C)NC(=O)NC(=O)COC(=O)CN1C(=O)NC2(CCCC2)C1=O. The van der Waals surface area contributed by atoms with E-state index in [0.29, 0.717) is 12.8 Å². The van der Waals surface area contributed by atoms with E-state index in [0.717, 1.165) is 17.7 Å². The zero-order chi connectivity index (χ0) is 19.5. The van der Waals surface area contributed by atoms with Gasteiger partial charge < -0.3 is 15.4 Å². The summed E-state index contributed by atoms with van der Waals surface area (Å²) in [7, 11) is 0. The van der Waals surface area contributed by atoms with E-state index in [4.69, 9.17) is 4.74 Å². The van der Waals surface area contributed by atoms with Crippen molar-refractivity contribution < 1.29 is 28.7 Å². The first kappa shape index (κ1) is 19.7. The van der Waals surface area contributed by atoms with Gasteiger partial charge in [-0.2, -0.15) is 0 Å². The third-order valence-corrected chi connectivity index (χ3v) is 4.10. The average Bonchev–Trinajstić information content (AvgIpc) is 3.05. The number of nitrogens with zero attached hydrogens (tertiary/aromatic N) is 1. The summed E-state index contributed by atoms with van der Waals surface area (Å²) in [4.78, 5) is 60.1. The van der Waals surface area contributed by atoms with Gasteiger partial charge in [-0.1, -0.05) is 12.8 Å². The molecular weight excluding hydrogens is 344 g/mol. The quantitative estimate of drug-likeness (QED) is 0.473. The van der Waals surface area contributed by atoms with E-state index in [-0.39, 0.29) is 0 Å². The van der Waals surface area contributed by atoms with Crippen LogP contribution >= 0.6 is 0 Å². The summed E-state index contributed by atoms with van der Waals surface area (Å²) in [5.74, 6) is -2.16. The monoisotopic (exact) mass is 368 g/mol. The third kappa shape index (κ3) is 4.70. The zero-order valence-corrected chi connectivity index (χ0v) is 15.1. The van der Waals surface area contributed by atoms with E-state index in [1.165, 1.54) is 0 Å². The van der Waals surface area contributed by atoms with Gasteiger partial charge in [0.25, 0.3) is 11.8 Å². The maximum Gasteiger partial charge on any atom is 0.326 e. The highest BCUT2D eigenvalue weighted by atomic mass is 16.5. The number of amides is 6. The van der Waals surface area contributed by atoms with E-state index in [1.54, 1.807) is 20.8 Å². The molecule has 2 fully saturated rings. The van der Waals surface area contributed by atoms with Crippen molar-refractivity contribution in [1.29, 1.82) is 0 Å². The fourth-order valence-corrected chi connectivity index (χ4v) is 2.99. The maximum absolute atomic E-state index is 12.4. The topological polar surface area (TPSA) is 134 Å². The van der Waals surface area contributed by atoms with Gasteiger partial charge in [0.1, 0.15) is 12.1 Å². The van der Waals surface area contributed by atoms with Crippen molar-refractivity contribution in [2.45, 2.75) is 57.5 Å². The van der Waals surface area contributed by atoms with Crippen LogP contribution in [0, 0.1) is 0 Å². The van der Waals surface area contributed by atoms with Crippen LogP contribution in [0.4, 0.5) is 9.59 Å². The van der Waals surface area contributed by atoms with Crippen LogP contribution in [-0.2, 0) is 19.1 Å². The number of esters is 1. The molecule has 0 aromatic heterocycles. The molecule has 3 N–H and O–H groups in total. The van der Waals surface area contributed by atoms with Crippen molar-refractivity contribution in [3.05, 3.63) is 0 Å². The lowest BCUT2D eigenvalue weighted by Gasteiger charge is -2.20. The molecule has 2 aliphatic rings. The van der Waals surface area contributed by atoms with Crippen LogP contribution in [0.2, 0.25) is 0 Å². The Balaban J connectivity index is 1.78. The average molecular weight is 368 g/mol. The largest absolute Gasteiger partial charge is 0.454 e. The first-order valence-electron chi connectivity index (χ1n) is 8.44. The van der Waals surface area contributed by atoms with Crippen molar-refractivity contribution in [2.75, 3.05) is 13.2 Å². The highest BCUT2D eigenvalue weighted by Gasteiger charge is 2.52. The van der Waals surface area contributed by atoms with Crippen molar-refractivity contribution in [2.24, 2.45) is 0 Å². The number of hydrogen-bond acceptors (Lipinski definition) is 6. The summed E-state index contributed by atoms with van der Waals surface area (Å²) < 4.78 is 4.74. The van der Waals surface area contributed by atoms with Crippen LogP contribution in [-0.4, -0.2) is 59.0 Å². The lowest BCUT2D eigenvalue weighted by Crippen LogP contribution is -2.49. The Bertz CT molecular complexity index is 633. The van der Waals surface area contributed by atoms with Crippen molar-refractivity contribution >= 4 is 29.8 Å². The summed E-state index contributed by atoms with van der Waals surface area (Å²) in [5, 5.41) is 7.18. The molecule has 0 aromatic rings. The van der Waals surface area contributed by atoms with Gasteiger partial charge in [-0.3, -0.25) is 24.6 Å². The second-order valence-electron chi connectivity index (χ2n) is 7.52. The normalized spacial score (nSPS) is 18.7. The van der Waals surface area contributed by atoms with Gasteiger partial charge in [-0.25, -0.2) is 9.59 Å². The summed E-state index contributed by atoms with van der Waals surface area (Å²) >= 11 is 0. The Morgan fingerprint density at radius 2 is 1.81 bits per heavy atom. The molecule has 6 amide bonds. The molecule has 0 aromatic carbocycles. The predicted octanol–water partition coefficient (Wildman–Crippen LogP) is 0.0185. The van der Waals surface area contributed by atoms with Crippen LogP contribution in [0.1, 0.15) is 46.5 Å².